The zero-order valence-corrected chi connectivity index (χ0v) is 12.2. The first-order chi connectivity index (χ1) is 11.4. The molecule has 0 unspecified atom stereocenters. The zero-order chi connectivity index (χ0) is 17.2. The molecule has 2 aromatic carbocycles. The third-order valence-electron chi connectivity index (χ3n) is 3.32. The lowest BCUT2D eigenvalue weighted by atomic mass is 10.1. The Labute approximate surface area is 134 Å². The van der Waals surface area contributed by atoms with Crippen molar-refractivity contribution in [3.05, 3.63) is 59.9 Å². The van der Waals surface area contributed by atoms with Gasteiger partial charge in [-0.3, -0.25) is 4.79 Å². The van der Waals surface area contributed by atoms with Crippen molar-refractivity contribution in [1.82, 2.24) is 15.3 Å². The normalized spacial score (nSPS) is 11.5. The molecule has 24 heavy (non-hydrogen) atoms. The summed E-state index contributed by atoms with van der Waals surface area (Å²) in [4.78, 5) is 19.1. The number of H-pyrrole nitrogens is 1. The number of aromatic nitrogens is 2. The van der Waals surface area contributed by atoms with Crippen LogP contribution in [0.25, 0.3) is 11.0 Å². The summed E-state index contributed by atoms with van der Waals surface area (Å²) in [7, 11) is 0. The van der Waals surface area contributed by atoms with Crippen LogP contribution in [0.3, 0.4) is 0 Å². The third-order valence-corrected chi connectivity index (χ3v) is 3.32. The van der Waals surface area contributed by atoms with Gasteiger partial charge in [0.25, 0.3) is 5.91 Å². The number of nitrogens with zero attached hydrogens (tertiary/aromatic N) is 1. The second kappa shape index (κ2) is 6.23. The number of imidazole rings is 1. The van der Waals surface area contributed by atoms with E-state index in [2.05, 4.69) is 20.0 Å². The molecule has 0 bridgehead atoms. The highest BCUT2D eigenvalue weighted by Crippen LogP contribution is 2.26. The van der Waals surface area contributed by atoms with Gasteiger partial charge in [0.1, 0.15) is 5.75 Å². The number of alkyl halides is 3. The SMILES string of the molecule is O=C(NCc1ccccc1OC(F)(F)F)c1ccc2nc[nH]c2c1. The number of carbonyl (C=O) groups excluding carboxylic acids is 1. The van der Waals surface area contributed by atoms with E-state index in [1.807, 2.05) is 0 Å². The van der Waals surface area contributed by atoms with Crippen LogP contribution in [-0.4, -0.2) is 22.2 Å². The number of benzene rings is 2. The van der Waals surface area contributed by atoms with Crippen molar-refractivity contribution in [2.75, 3.05) is 0 Å². The molecular formula is C16H12F3N3O2. The fraction of sp³-hybridized carbons (Fsp3) is 0.125. The molecule has 3 aromatic rings. The maximum absolute atomic E-state index is 12.4. The number of hydrogen-bond donors (Lipinski definition) is 2. The summed E-state index contributed by atoms with van der Waals surface area (Å²) in [5.41, 5.74) is 2.02. The Bertz CT molecular complexity index is 874. The van der Waals surface area contributed by atoms with Crippen molar-refractivity contribution in [2.24, 2.45) is 0 Å². The van der Waals surface area contributed by atoms with Crippen LogP contribution in [0.2, 0.25) is 0 Å². The zero-order valence-electron chi connectivity index (χ0n) is 12.2. The first-order valence-electron chi connectivity index (χ1n) is 6.97. The predicted molar refractivity (Wildman–Crippen MR) is 80.4 cm³/mol. The monoisotopic (exact) mass is 335 g/mol. The van der Waals surface area contributed by atoms with Gasteiger partial charge in [0.05, 0.1) is 17.4 Å². The van der Waals surface area contributed by atoms with Crippen LogP contribution < -0.4 is 10.1 Å². The van der Waals surface area contributed by atoms with Gasteiger partial charge in [-0.15, -0.1) is 13.2 Å². The average molecular weight is 335 g/mol. The Morgan fingerprint density at radius 1 is 1.21 bits per heavy atom. The number of rotatable bonds is 4. The molecule has 1 aromatic heterocycles. The highest BCUT2D eigenvalue weighted by Gasteiger charge is 2.31. The molecular weight excluding hydrogens is 323 g/mol. The highest BCUT2D eigenvalue weighted by atomic mass is 19.4. The quantitative estimate of drug-likeness (QED) is 0.768. The number of fused-ring (bicyclic) bond motifs is 1. The van der Waals surface area contributed by atoms with E-state index in [9.17, 15) is 18.0 Å². The minimum atomic E-state index is -4.79. The second-order valence-corrected chi connectivity index (χ2v) is 4.97. The third kappa shape index (κ3) is 3.65. The number of para-hydroxylation sites is 1. The highest BCUT2D eigenvalue weighted by molar-refractivity contribution is 5.97. The number of carbonyl (C=O) groups is 1. The molecule has 0 aliphatic carbocycles. The summed E-state index contributed by atoms with van der Waals surface area (Å²) in [6, 6.07) is 10.6. The number of aromatic amines is 1. The van der Waals surface area contributed by atoms with E-state index in [1.54, 1.807) is 24.3 Å². The summed E-state index contributed by atoms with van der Waals surface area (Å²) >= 11 is 0. The second-order valence-electron chi connectivity index (χ2n) is 4.97. The standard InChI is InChI=1S/C16H12F3N3O2/c17-16(18,19)24-14-4-2-1-3-11(14)8-20-15(23)10-5-6-12-13(7-10)22-9-21-12/h1-7,9H,8H2,(H,20,23)(H,21,22). The van der Waals surface area contributed by atoms with Crippen molar-refractivity contribution >= 4 is 16.9 Å². The van der Waals surface area contributed by atoms with Gasteiger partial charge in [-0.1, -0.05) is 18.2 Å². The summed E-state index contributed by atoms with van der Waals surface area (Å²) in [5.74, 6) is -0.748. The average Bonchev–Trinajstić information content (AvgIpc) is 2.99. The van der Waals surface area contributed by atoms with E-state index in [0.717, 1.165) is 5.52 Å². The molecule has 1 amide bonds. The summed E-state index contributed by atoms with van der Waals surface area (Å²) in [6.45, 7) is -0.0912. The summed E-state index contributed by atoms with van der Waals surface area (Å²) in [6.07, 6.45) is -3.27. The van der Waals surface area contributed by atoms with E-state index in [1.165, 1.54) is 24.5 Å². The fourth-order valence-corrected chi connectivity index (χ4v) is 2.23. The van der Waals surface area contributed by atoms with Crippen LogP contribution in [0.1, 0.15) is 15.9 Å². The molecule has 0 aliphatic rings. The van der Waals surface area contributed by atoms with E-state index in [0.29, 0.717) is 11.1 Å². The van der Waals surface area contributed by atoms with Crippen molar-refractivity contribution in [2.45, 2.75) is 12.9 Å². The molecule has 0 radical (unpaired) electrons. The maximum Gasteiger partial charge on any atom is 0.573 e. The Kier molecular flexibility index (Phi) is 4.11. The van der Waals surface area contributed by atoms with Crippen LogP contribution in [0.4, 0.5) is 13.2 Å². The van der Waals surface area contributed by atoms with Crippen LogP contribution in [0.5, 0.6) is 5.75 Å². The van der Waals surface area contributed by atoms with Gasteiger partial charge >= 0.3 is 6.36 Å². The molecule has 0 spiro atoms. The van der Waals surface area contributed by atoms with Gasteiger partial charge in [-0.25, -0.2) is 4.98 Å². The number of hydrogen-bond acceptors (Lipinski definition) is 3. The van der Waals surface area contributed by atoms with Crippen molar-refractivity contribution in [1.29, 1.82) is 0 Å². The molecule has 2 N–H and O–H groups in total. The minimum Gasteiger partial charge on any atom is -0.405 e. The molecule has 124 valence electrons. The molecule has 1 heterocycles. The van der Waals surface area contributed by atoms with Gasteiger partial charge < -0.3 is 15.0 Å². The summed E-state index contributed by atoms with van der Waals surface area (Å²) < 4.78 is 41.1. The van der Waals surface area contributed by atoms with E-state index in [4.69, 9.17) is 0 Å². The van der Waals surface area contributed by atoms with Gasteiger partial charge in [0, 0.05) is 17.7 Å². The van der Waals surface area contributed by atoms with Gasteiger partial charge in [0.15, 0.2) is 0 Å². The Balaban J connectivity index is 1.72. The lowest BCUT2D eigenvalue weighted by molar-refractivity contribution is -0.274. The van der Waals surface area contributed by atoms with E-state index < -0.39 is 12.3 Å². The molecule has 0 saturated heterocycles. The van der Waals surface area contributed by atoms with E-state index >= 15 is 0 Å². The van der Waals surface area contributed by atoms with Crippen molar-refractivity contribution in [3.8, 4) is 5.75 Å². The minimum absolute atomic E-state index is 0.0912. The Morgan fingerprint density at radius 3 is 2.79 bits per heavy atom. The maximum atomic E-state index is 12.4. The lowest BCUT2D eigenvalue weighted by Crippen LogP contribution is -2.24. The van der Waals surface area contributed by atoms with Crippen LogP contribution >= 0.6 is 0 Å². The predicted octanol–water partition coefficient (Wildman–Crippen LogP) is 3.39. The first kappa shape index (κ1) is 15.9. The van der Waals surface area contributed by atoms with Crippen LogP contribution in [-0.2, 0) is 6.54 Å². The first-order valence-corrected chi connectivity index (χ1v) is 6.97. The number of nitrogens with one attached hydrogen (secondary N) is 2. The summed E-state index contributed by atoms with van der Waals surface area (Å²) in [5, 5.41) is 2.58. The molecule has 5 nitrogen and oxygen atoms in total. The Hall–Kier alpha value is -3.03. The molecule has 8 heteroatoms. The van der Waals surface area contributed by atoms with Crippen molar-refractivity contribution < 1.29 is 22.7 Å². The number of ether oxygens (including phenoxy) is 1. The fourth-order valence-electron chi connectivity index (χ4n) is 2.23. The van der Waals surface area contributed by atoms with Gasteiger partial charge in [0.2, 0.25) is 0 Å². The molecule has 0 atom stereocenters. The topological polar surface area (TPSA) is 67.0 Å². The number of amides is 1. The van der Waals surface area contributed by atoms with Crippen LogP contribution in [0.15, 0.2) is 48.8 Å². The van der Waals surface area contributed by atoms with Gasteiger partial charge in [-0.05, 0) is 24.3 Å². The number of halogens is 3. The smallest absolute Gasteiger partial charge is 0.405 e. The molecule has 0 fully saturated rings. The Morgan fingerprint density at radius 2 is 2.00 bits per heavy atom. The lowest BCUT2D eigenvalue weighted by Gasteiger charge is -2.13. The molecule has 0 aliphatic heterocycles. The van der Waals surface area contributed by atoms with Crippen LogP contribution in [0, 0.1) is 0 Å². The van der Waals surface area contributed by atoms with E-state index in [-0.39, 0.29) is 17.9 Å². The molecule has 3 rings (SSSR count). The van der Waals surface area contributed by atoms with Crippen molar-refractivity contribution in [3.63, 3.8) is 0 Å². The largest absolute Gasteiger partial charge is 0.573 e. The van der Waals surface area contributed by atoms with Gasteiger partial charge in [-0.2, -0.15) is 0 Å². The molecule has 0 saturated carbocycles.